The smallest absolute Gasteiger partial charge is 0.407 e. The average molecular weight is 656 g/mol. The van der Waals surface area contributed by atoms with Crippen LogP contribution in [-0.2, 0) is 33.3 Å². The Morgan fingerprint density at radius 2 is 1.72 bits per heavy atom. The second-order valence-electron chi connectivity index (χ2n) is 15.4. The second-order valence-corrected chi connectivity index (χ2v) is 15.4. The molecule has 4 rings (SSSR count). The summed E-state index contributed by atoms with van der Waals surface area (Å²) in [5, 5.41) is 60.8. The molecule has 0 aromatic carbocycles. The Balaban J connectivity index is 1.75. The Kier molecular flexibility index (Phi) is 9.30. The van der Waals surface area contributed by atoms with Crippen LogP contribution in [0.2, 0.25) is 0 Å². The molecule has 46 heavy (non-hydrogen) atoms. The van der Waals surface area contributed by atoms with E-state index in [1.54, 1.807) is 13.8 Å². The van der Waals surface area contributed by atoms with Crippen LogP contribution in [0.25, 0.3) is 0 Å². The molecule has 0 aromatic rings. The first-order valence-corrected chi connectivity index (χ1v) is 15.6. The van der Waals surface area contributed by atoms with Crippen LogP contribution in [0.3, 0.4) is 0 Å². The Morgan fingerprint density at radius 1 is 1.11 bits per heavy atom. The number of nitrogens with one attached hydrogen (secondary N) is 1. The minimum Gasteiger partial charge on any atom is -0.459 e. The minimum absolute atomic E-state index is 0.0153. The highest BCUT2D eigenvalue weighted by atomic mass is 16.6. The normalized spacial score (nSPS) is 39.7. The van der Waals surface area contributed by atoms with Crippen LogP contribution in [0.4, 0.5) is 4.79 Å². The fourth-order valence-corrected chi connectivity index (χ4v) is 7.80. The van der Waals surface area contributed by atoms with Crippen molar-refractivity contribution in [2.24, 2.45) is 22.2 Å². The molecule has 1 heterocycles. The molecule has 4 aliphatic rings. The van der Waals surface area contributed by atoms with E-state index in [0.717, 1.165) is 6.92 Å². The maximum atomic E-state index is 14.3. The Morgan fingerprint density at radius 3 is 2.24 bits per heavy atom. The van der Waals surface area contributed by atoms with Crippen LogP contribution in [0.15, 0.2) is 11.1 Å². The zero-order chi connectivity index (χ0) is 34.9. The molecule has 14 nitrogen and oxygen atoms in total. The molecule has 11 atom stereocenters. The minimum atomic E-state index is -2.20. The largest absolute Gasteiger partial charge is 0.459 e. The standard InChI is InChI=1S/C32H49NO13/c1-14-17(46-26(39)21(36)15(2)33-27(40)44-12-28(4,5)6)11-32(42)25(45-16(3)34)23-30(9,18(35)10-19-31(23,41)13-43-19)24(38)22(37)20(14)29(32,7)8/h15,17-19,21-23,25,35-37,41-42H,10-13H2,1-9H3,(H,33,40)/t15-,17?,18-,19+,21+,22+,23-,25-,30+,31-,32+/m0/s1. The molecule has 1 unspecified atom stereocenters. The van der Waals surface area contributed by atoms with Gasteiger partial charge in [-0.05, 0) is 37.3 Å². The van der Waals surface area contributed by atoms with E-state index < -0.39 is 101 Å². The first kappa shape index (κ1) is 36.2. The van der Waals surface area contributed by atoms with Crippen molar-refractivity contribution in [3.8, 4) is 0 Å². The average Bonchev–Trinajstić information content (AvgIpc) is 2.93. The molecule has 1 amide bonds. The SMILES string of the molecule is CC(=O)O[C@H]1[C@@H]2[C@]3(O)CO[C@@H]3C[C@H](O)[C@@]2(C)C(=O)[C@H](O)C2=C(C)C(OC(=O)[C@H](O)[C@H](C)NC(=O)OCC(C)(C)C)C[C@]1(O)C2(C)C. The number of esters is 2. The molecular weight excluding hydrogens is 606 g/mol. The lowest BCUT2D eigenvalue weighted by atomic mass is 9.45. The molecule has 0 radical (unpaired) electrons. The number of ketones is 1. The zero-order valence-corrected chi connectivity index (χ0v) is 27.9. The number of rotatable bonds is 6. The van der Waals surface area contributed by atoms with E-state index in [0.29, 0.717) is 0 Å². The van der Waals surface area contributed by atoms with Gasteiger partial charge in [-0.25, -0.2) is 9.59 Å². The van der Waals surface area contributed by atoms with E-state index in [4.69, 9.17) is 18.9 Å². The molecule has 3 fully saturated rings. The van der Waals surface area contributed by atoms with Gasteiger partial charge < -0.3 is 49.8 Å². The highest BCUT2D eigenvalue weighted by Gasteiger charge is 2.76. The van der Waals surface area contributed by atoms with E-state index >= 15 is 0 Å². The number of hydrogen-bond donors (Lipinski definition) is 6. The molecule has 14 heteroatoms. The number of ether oxygens (including phenoxy) is 4. The number of carbonyl (C=O) groups excluding carboxylic acids is 4. The van der Waals surface area contributed by atoms with Gasteiger partial charge in [-0.15, -0.1) is 0 Å². The van der Waals surface area contributed by atoms with Crippen molar-refractivity contribution in [2.45, 2.75) is 129 Å². The third kappa shape index (κ3) is 5.64. The first-order chi connectivity index (χ1) is 20.9. The molecule has 0 aromatic heterocycles. The highest BCUT2D eigenvalue weighted by molar-refractivity contribution is 5.93. The van der Waals surface area contributed by atoms with Crippen LogP contribution < -0.4 is 5.32 Å². The van der Waals surface area contributed by atoms with Crippen LogP contribution in [-0.4, -0.2) is 116 Å². The number of Topliss-reactive ketones (excluding diaryl/α,β-unsaturated/α-hetero) is 1. The Labute approximate surface area is 268 Å². The number of carbonyl (C=O) groups is 4. The molecule has 1 aliphatic heterocycles. The van der Waals surface area contributed by atoms with Crippen molar-refractivity contribution in [3.05, 3.63) is 11.1 Å². The lowest BCUT2D eigenvalue weighted by Crippen LogP contribution is -2.81. The Bertz CT molecular complexity index is 1300. The van der Waals surface area contributed by atoms with Crippen LogP contribution in [0.5, 0.6) is 0 Å². The van der Waals surface area contributed by atoms with Gasteiger partial charge in [0.05, 0.1) is 36.9 Å². The third-order valence-electron chi connectivity index (χ3n) is 10.6. The van der Waals surface area contributed by atoms with Crippen LogP contribution >= 0.6 is 0 Å². The molecule has 0 spiro atoms. The van der Waals surface area contributed by atoms with Gasteiger partial charge in [-0.2, -0.15) is 0 Å². The molecular formula is C32H49NO13. The zero-order valence-electron chi connectivity index (χ0n) is 27.9. The predicted molar refractivity (Wildman–Crippen MR) is 159 cm³/mol. The summed E-state index contributed by atoms with van der Waals surface area (Å²) < 4.78 is 22.1. The summed E-state index contributed by atoms with van der Waals surface area (Å²) in [5.41, 5.74) is -7.57. The number of aliphatic hydroxyl groups excluding tert-OH is 3. The summed E-state index contributed by atoms with van der Waals surface area (Å²) in [4.78, 5) is 52.4. The summed E-state index contributed by atoms with van der Waals surface area (Å²) >= 11 is 0. The molecule has 6 N–H and O–H groups in total. The maximum absolute atomic E-state index is 14.3. The molecule has 260 valence electrons. The summed E-state index contributed by atoms with van der Waals surface area (Å²) in [6.45, 7) is 13.8. The van der Waals surface area contributed by atoms with Crippen molar-refractivity contribution in [1.29, 1.82) is 0 Å². The van der Waals surface area contributed by atoms with Crippen molar-refractivity contribution in [1.82, 2.24) is 5.32 Å². The van der Waals surface area contributed by atoms with Gasteiger partial charge in [0, 0.05) is 31.1 Å². The monoisotopic (exact) mass is 655 g/mol. The lowest BCUT2D eigenvalue weighted by Gasteiger charge is -2.66. The fourth-order valence-electron chi connectivity index (χ4n) is 7.80. The number of hydrogen-bond acceptors (Lipinski definition) is 13. The summed E-state index contributed by atoms with van der Waals surface area (Å²) in [6.07, 6.45) is -10.6. The summed E-state index contributed by atoms with van der Waals surface area (Å²) in [6, 6.07) is -1.16. The topological polar surface area (TPSA) is 218 Å². The van der Waals surface area contributed by atoms with E-state index in [1.165, 1.54) is 20.8 Å². The number of amides is 1. The molecule has 2 bridgehead atoms. The van der Waals surface area contributed by atoms with Crippen molar-refractivity contribution in [3.63, 3.8) is 0 Å². The van der Waals surface area contributed by atoms with Gasteiger partial charge >= 0.3 is 18.0 Å². The molecule has 1 saturated heterocycles. The quantitative estimate of drug-likeness (QED) is 0.129. The second kappa shape index (κ2) is 11.8. The first-order valence-electron chi connectivity index (χ1n) is 15.6. The van der Waals surface area contributed by atoms with Gasteiger partial charge in [0.2, 0.25) is 0 Å². The van der Waals surface area contributed by atoms with Crippen molar-refractivity contribution < 1.29 is 63.7 Å². The summed E-state index contributed by atoms with van der Waals surface area (Å²) in [7, 11) is 0. The highest BCUT2D eigenvalue weighted by Crippen LogP contribution is 2.63. The van der Waals surface area contributed by atoms with Crippen molar-refractivity contribution >= 4 is 23.8 Å². The number of fused-ring (bicyclic) bond motifs is 5. The van der Waals surface area contributed by atoms with Crippen LogP contribution in [0, 0.1) is 22.2 Å². The molecule has 2 saturated carbocycles. The predicted octanol–water partition coefficient (Wildman–Crippen LogP) is 0.290. The maximum Gasteiger partial charge on any atom is 0.407 e. The Hall–Kier alpha value is -2.62. The van der Waals surface area contributed by atoms with Crippen LogP contribution in [0.1, 0.15) is 75.2 Å². The van der Waals surface area contributed by atoms with E-state index in [1.807, 2.05) is 20.8 Å². The lowest BCUT2D eigenvalue weighted by molar-refractivity contribution is -0.345. The van der Waals surface area contributed by atoms with E-state index in [-0.39, 0.29) is 36.2 Å². The molecule has 3 aliphatic carbocycles. The van der Waals surface area contributed by atoms with Gasteiger partial charge in [-0.3, -0.25) is 9.59 Å². The fraction of sp³-hybridized carbons (Fsp3) is 0.812. The van der Waals surface area contributed by atoms with E-state index in [9.17, 15) is 44.7 Å². The van der Waals surface area contributed by atoms with Gasteiger partial charge in [0.1, 0.15) is 29.5 Å². The third-order valence-corrected chi connectivity index (χ3v) is 10.6. The van der Waals surface area contributed by atoms with Gasteiger partial charge in [0.15, 0.2) is 11.9 Å². The van der Waals surface area contributed by atoms with Crippen molar-refractivity contribution in [2.75, 3.05) is 13.2 Å². The number of aliphatic hydroxyl groups is 5. The van der Waals surface area contributed by atoms with E-state index in [2.05, 4.69) is 5.32 Å². The van der Waals surface area contributed by atoms with Gasteiger partial charge in [-0.1, -0.05) is 34.6 Å². The number of alkyl carbamates (subject to hydrolysis) is 1. The summed E-state index contributed by atoms with van der Waals surface area (Å²) in [5.74, 6) is -4.34. The van der Waals surface area contributed by atoms with Gasteiger partial charge in [0.25, 0.3) is 0 Å².